The number of esters is 1. The van der Waals surface area contributed by atoms with Crippen molar-refractivity contribution in [2.75, 3.05) is 20.2 Å². The molecule has 7 nitrogen and oxygen atoms in total. The highest BCUT2D eigenvalue weighted by Gasteiger charge is 2.07. The molecule has 1 unspecified atom stereocenters. The molecule has 0 saturated carbocycles. The molecule has 0 aromatic heterocycles. The van der Waals surface area contributed by atoms with Crippen LogP contribution in [0.5, 0.6) is 0 Å². The number of rotatable bonds is 9. The molecule has 0 aliphatic rings. The second-order valence-corrected chi connectivity index (χ2v) is 4.34. The van der Waals surface area contributed by atoms with Gasteiger partial charge in [0.05, 0.1) is 13.5 Å². The van der Waals surface area contributed by atoms with E-state index in [9.17, 15) is 14.4 Å². The van der Waals surface area contributed by atoms with E-state index in [0.717, 1.165) is 6.42 Å². The van der Waals surface area contributed by atoms with Gasteiger partial charge in [0.2, 0.25) is 0 Å². The van der Waals surface area contributed by atoms with Gasteiger partial charge in [0.1, 0.15) is 0 Å². The standard InChI is InChI=1S/C12H22N2O5/c1-9(3-4-10(15)16)5-7-13-12(18)14-8-6-11(17)19-2/h9H,3-8H2,1-2H3,(H,15,16)(H2,13,14,18). The molecule has 0 bridgehead atoms. The second kappa shape index (κ2) is 10.2. The van der Waals surface area contributed by atoms with Gasteiger partial charge in [-0.3, -0.25) is 9.59 Å². The van der Waals surface area contributed by atoms with E-state index in [-0.39, 0.29) is 37.3 Å². The van der Waals surface area contributed by atoms with Crippen LogP contribution in [0.4, 0.5) is 4.79 Å². The van der Waals surface area contributed by atoms with Crippen LogP contribution >= 0.6 is 0 Å². The lowest BCUT2D eigenvalue weighted by molar-refractivity contribution is -0.140. The molecular weight excluding hydrogens is 252 g/mol. The van der Waals surface area contributed by atoms with Gasteiger partial charge >= 0.3 is 18.0 Å². The second-order valence-electron chi connectivity index (χ2n) is 4.34. The first-order valence-electron chi connectivity index (χ1n) is 6.26. The Morgan fingerprint density at radius 3 is 2.32 bits per heavy atom. The first-order valence-corrected chi connectivity index (χ1v) is 6.26. The fourth-order valence-electron chi connectivity index (χ4n) is 1.39. The molecule has 0 radical (unpaired) electrons. The van der Waals surface area contributed by atoms with Crippen LogP contribution in [0, 0.1) is 5.92 Å². The molecule has 0 aliphatic carbocycles. The Morgan fingerprint density at radius 2 is 1.74 bits per heavy atom. The Balaban J connectivity index is 3.52. The van der Waals surface area contributed by atoms with Crippen molar-refractivity contribution < 1.29 is 24.2 Å². The van der Waals surface area contributed by atoms with Crippen molar-refractivity contribution in [3.8, 4) is 0 Å². The first-order chi connectivity index (χ1) is 8.95. The fraction of sp³-hybridized carbons (Fsp3) is 0.750. The lowest BCUT2D eigenvalue weighted by atomic mass is 10.0. The van der Waals surface area contributed by atoms with Crippen LogP contribution in [0.3, 0.4) is 0 Å². The fourth-order valence-corrected chi connectivity index (χ4v) is 1.39. The summed E-state index contributed by atoms with van der Waals surface area (Å²) in [6.45, 7) is 2.65. The van der Waals surface area contributed by atoms with Crippen LogP contribution in [0.2, 0.25) is 0 Å². The van der Waals surface area contributed by atoms with Gasteiger partial charge in [-0.25, -0.2) is 4.79 Å². The van der Waals surface area contributed by atoms with Gasteiger partial charge in [-0.1, -0.05) is 6.92 Å². The Morgan fingerprint density at radius 1 is 1.11 bits per heavy atom. The average Bonchev–Trinajstić information content (AvgIpc) is 2.36. The molecule has 0 rings (SSSR count). The summed E-state index contributed by atoms with van der Waals surface area (Å²) in [6.07, 6.45) is 1.60. The topological polar surface area (TPSA) is 105 Å². The zero-order valence-electron chi connectivity index (χ0n) is 11.4. The summed E-state index contributed by atoms with van der Waals surface area (Å²) >= 11 is 0. The Bertz CT molecular complexity index is 306. The normalized spacial score (nSPS) is 11.5. The van der Waals surface area contributed by atoms with Crippen LogP contribution in [0.1, 0.15) is 32.6 Å². The number of ether oxygens (including phenoxy) is 1. The van der Waals surface area contributed by atoms with Crippen LogP contribution in [0.15, 0.2) is 0 Å². The predicted octanol–water partition coefficient (Wildman–Crippen LogP) is 0.740. The molecule has 2 amide bonds. The average molecular weight is 274 g/mol. The van der Waals surface area contributed by atoms with E-state index >= 15 is 0 Å². The van der Waals surface area contributed by atoms with Crippen LogP contribution < -0.4 is 10.6 Å². The SMILES string of the molecule is COC(=O)CCNC(=O)NCCC(C)CCC(=O)O. The van der Waals surface area contributed by atoms with Crippen molar-refractivity contribution in [3.05, 3.63) is 0 Å². The molecule has 0 aromatic carbocycles. The molecule has 19 heavy (non-hydrogen) atoms. The molecule has 0 saturated heterocycles. The first kappa shape index (κ1) is 17.2. The van der Waals surface area contributed by atoms with Crippen molar-refractivity contribution in [3.63, 3.8) is 0 Å². The summed E-state index contributed by atoms with van der Waals surface area (Å²) in [5.74, 6) is -0.936. The van der Waals surface area contributed by atoms with Crippen molar-refractivity contribution >= 4 is 18.0 Å². The molecule has 3 N–H and O–H groups in total. The number of aliphatic carboxylic acids is 1. The lowest BCUT2D eigenvalue weighted by Gasteiger charge is -2.11. The third-order valence-corrected chi connectivity index (χ3v) is 2.62. The van der Waals surface area contributed by atoms with Gasteiger partial charge in [-0.05, 0) is 18.8 Å². The largest absolute Gasteiger partial charge is 0.481 e. The monoisotopic (exact) mass is 274 g/mol. The Hall–Kier alpha value is -1.79. The quantitative estimate of drug-likeness (QED) is 0.538. The summed E-state index contributed by atoms with van der Waals surface area (Å²) in [6, 6.07) is -0.339. The van der Waals surface area contributed by atoms with Gasteiger partial charge in [0, 0.05) is 19.5 Å². The smallest absolute Gasteiger partial charge is 0.314 e. The number of hydrogen-bond acceptors (Lipinski definition) is 4. The molecule has 110 valence electrons. The number of carbonyl (C=O) groups excluding carboxylic acids is 2. The van der Waals surface area contributed by atoms with Crippen LogP contribution in [0.25, 0.3) is 0 Å². The van der Waals surface area contributed by atoms with E-state index in [0.29, 0.717) is 13.0 Å². The van der Waals surface area contributed by atoms with Crippen molar-refractivity contribution in [1.29, 1.82) is 0 Å². The molecular formula is C12H22N2O5. The zero-order valence-corrected chi connectivity index (χ0v) is 11.4. The Labute approximate surface area is 112 Å². The highest BCUT2D eigenvalue weighted by molar-refractivity contribution is 5.75. The van der Waals surface area contributed by atoms with E-state index < -0.39 is 5.97 Å². The van der Waals surface area contributed by atoms with Gasteiger partial charge in [-0.15, -0.1) is 0 Å². The van der Waals surface area contributed by atoms with Gasteiger partial charge in [0.15, 0.2) is 0 Å². The molecule has 7 heteroatoms. The zero-order chi connectivity index (χ0) is 14.7. The third kappa shape index (κ3) is 11.1. The van der Waals surface area contributed by atoms with Gasteiger partial charge < -0.3 is 20.5 Å². The number of methoxy groups -OCH3 is 1. The molecule has 1 atom stereocenters. The number of amides is 2. The summed E-state index contributed by atoms with van der Waals surface area (Å²) in [7, 11) is 1.29. The molecule has 0 aromatic rings. The maximum absolute atomic E-state index is 11.3. The molecule has 0 heterocycles. The number of urea groups is 1. The number of carbonyl (C=O) groups is 3. The Kier molecular flexibility index (Phi) is 9.20. The van der Waals surface area contributed by atoms with Crippen LogP contribution in [-0.2, 0) is 14.3 Å². The minimum Gasteiger partial charge on any atom is -0.481 e. The van der Waals surface area contributed by atoms with Gasteiger partial charge in [0.25, 0.3) is 0 Å². The highest BCUT2D eigenvalue weighted by atomic mass is 16.5. The van der Waals surface area contributed by atoms with E-state index in [1.165, 1.54) is 7.11 Å². The maximum Gasteiger partial charge on any atom is 0.314 e. The van der Waals surface area contributed by atoms with E-state index in [1.807, 2.05) is 6.92 Å². The number of carboxylic acids is 1. The number of carboxylic acid groups (broad SMARTS) is 1. The summed E-state index contributed by atoms with van der Waals surface area (Å²) in [5.41, 5.74) is 0. The van der Waals surface area contributed by atoms with Crippen molar-refractivity contribution in [2.24, 2.45) is 5.92 Å². The summed E-state index contributed by atoms with van der Waals surface area (Å²) < 4.78 is 4.43. The van der Waals surface area contributed by atoms with Crippen LogP contribution in [-0.4, -0.2) is 43.3 Å². The van der Waals surface area contributed by atoms with E-state index in [4.69, 9.17) is 5.11 Å². The number of nitrogens with one attached hydrogen (secondary N) is 2. The summed E-state index contributed by atoms with van der Waals surface area (Å²) in [5, 5.41) is 13.7. The molecule has 0 aliphatic heterocycles. The number of hydrogen-bond donors (Lipinski definition) is 3. The molecule has 0 spiro atoms. The predicted molar refractivity (Wildman–Crippen MR) is 68.7 cm³/mol. The van der Waals surface area contributed by atoms with Crippen molar-refractivity contribution in [2.45, 2.75) is 32.6 Å². The van der Waals surface area contributed by atoms with E-state index in [1.54, 1.807) is 0 Å². The molecule has 0 fully saturated rings. The maximum atomic E-state index is 11.3. The van der Waals surface area contributed by atoms with Gasteiger partial charge in [-0.2, -0.15) is 0 Å². The minimum atomic E-state index is -0.805. The lowest BCUT2D eigenvalue weighted by Crippen LogP contribution is -2.37. The minimum absolute atomic E-state index is 0.138. The summed E-state index contributed by atoms with van der Waals surface area (Å²) in [4.78, 5) is 32.4. The third-order valence-electron chi connectivity index (χ3n) is 2.62. The van der Waals surface area contributed by atoms with Crippen molar-refractivity contribution in [1.82, 2.24) is 10.6 Å². The van der Waals surface area contributed by atoms with E-state index in [2.05, 4.69) is 15.4 Å². The highest BCUT2D eigenvalue weighted by Crippen LogP contribution is 2.08.